The molecule has 3 heterocycles. The zero-order chi connectivity index (χ0) is 18.9. The van der Waals surface area contributed by atoms with Gasteiger partial charge >= 0.3 is 6.09 Å². The van der Waals surface area contributed by atoms with Crippen LogP contribution in [-0.2, 0) is 11.3 Å². The number of benzene rings is 1. The molecule has 0 radical (unpaired) electrons. The third-order valence-corrected chi connectivity index (χ3v) is 7.44. The van der Waals surface area contributed by atoms with E-state index in [2.05, 4.69) is 14.1 Å². The number of rotatable bonds is 5. The van der Waals surface area contributed by atoms with Gasteiger partial charge in [0.15, 0.2) is 0 Å². The average Bonchev–Trinajstić information content (AvgIpc) is 3.21. The summed E-state index contributed by atoms with van der Waals surface area (Å²) in [5.41, 5.74) is 1.11. The Kier molecular flexibility index (Phi) is 7.04. The van der Waals surface area contributed by atoms with Crippen molar-refractivity contribution in [3.8, 4) is 0 Å². The number of hydrogen-bond acceptors (Lipinski definition) is 3. The summed E-state index contributed by atoms with van der Waals surface area (Å²) in [6, 6.07) is 15.5. The number of fused-ring (bicyclic) bond motifs is 2. The molecule has 28 heavy (non-hydrogen) atoms. The Labute approximate surface area is 189 Å². The van der Waals surface area contributed by atoms with Crippen LogP contribution < -0.4 is 28.9 Å². The normalized spacial score (nSPS) is 25.0. The fourth-order valence-electron chi connectivity index (χ4n) is 4.82. The van der Waals surface area contributed by atoms with E-state index in [1.54, 1.807) is 16.2 Å². The van der Waals surface area contributed by atoms with Gasteiger partial charge in [-0.25, -0.2) is 4.79 Å². The second kappa shape index (κ2) is 9.13. The molecule has 2 fully saturated rings. The standard InChI is InChI=1S/C22H29N2O2S.HI/c1-24(2)19-10-11-20(24)14-18(13-19)16-26-22(25)23(21-9-6-12-27-21)15-17-7-4-3-5-8-17;/h3-9,12,18-20H,10-11,13-16H2,1-2H3;1H/q+1;/p-1/t18?,19-,20+;. The minimum atomic E-state index is -0.229. The molecular weight excluding hydrogens is 483 g/mol. The van der Waals surface area contributed by atoms with Crippen molar-refractivity contribution in [1.82, 2.24) is 0 Å². The van der Waals surface area contributed by atoms with Crippen molar-refractivity contribution in [3.63, 3.8) is 0 Å². The van der Waals surface area contributed by atoms with Gasteiger partial charge in [0.2, 0.25) is 0 Å². The summed E-state index contributed by atoms with van der Waals surface area (Å²) >= 11 is 1.57. The summed E-state index contributed by atoms with van der Waals surface area (Å²) < 4.78 is 6.97. The lowest BCUT2D eigenvalue weighted by Crippen LogP contribution is -3.00. The van der Waals surface area contributed by atoms with Gasteiger partial charge in [-0.3, -0.25) is 4.90 Å². The molecule has 0 N–H and O–H groups in total. The first-order chi connectivity index (χ1) is 13.0. The van der Waals surface area contributed by atoms with Crippen molar-refractivity contribution in [2.24, 2.45) is 5.92 Å². The van der Waals surface area contributed by atoms with E-state index in [4.69, 9.17) is 4.74 Å². The van der Waals surface area contributed by atoms with E-state index >= 15 is 0 Å². The van der Waals surface area contributed by atoms with Crippen LogP contribution in [0.4, 0.5) is 9.80 Å². The van der Waals surface area contributed by atoms with E-state index in [-0.39, 0.29) is 30.1 Å². The maximum Gasteiger partial charge on any atom is 0.415 e. The van der Waals surface area contributed by atoms with Gasteiger partial charge in [-0.15, -0.1) is 11.3 Å². The third-order valence-electron chi connectivity index (χ3n) is 6.54. The molecule has 3 atom stereocenters. The molecule has 4 nitrogen and oxygen atoms in total. The van der Waals surface area contributed by atoms with E-state index < -0.39 is 0 Å². The smallest absolute Gasteiger partial charge is 0.415 e. The molecule has 1 aromatic heterocycles. The number of anilines is 1. The van der Waals surface area contributed by atoms with Gasteiger partial charge in [-0.2, -0.15) is 0 Å². The van der Waals surface area contributed by atoms with Crippen LogP contribution in [0.25, 0.3) is 0 Å². The Morgan fingerprint density at radius 3 is 2.39 bits per heavy atom. The number of piperidine rings is 1. The van der Waals surface area contributed by atoms with Gasteiger partial charge in [-0.1, -0.05) is 30.3 Å². The molecule has 2 aliphatic rings. The van der Waals surface area contributed by atoms with E-state index in [0.717, 1.165) is 27.1 Å². The number of hydrogen-bond donors (Lipinski definition) is 0. The zero-order valence-corrected chi connectivity index (χ0v) is 19.6. The molecule has 4 rings (SSSR count). The fraction of sp³-hybridized carbons (Fsp3) is 0.500. The topological polar surface area (TPSA) is 29.5 Å². The summed E-state index contributed by atoms with van der Waals surface area (Å²) in [4.78, 5) is 14.7. The summed E-state index contributed by atoms with van der Waals surface area (Å²) in [6.07, 6.45) is 4.76. The lowest BCUT2D eigenvalue weighted by Gasteiger charge is -2.44. The minimum Gasteiger partial charge on any atom is -1.00 e. The number of ether oxygens (including phenoxy) is 1. The van der Waals surface area contributed by atoms with Crippen LogP contribution in [0.1, 0.15) is 31.2 Å². The SMILES string of the molecule is C[N+]1(C)[C@@H]2CC[C@H]1CC(COC(=O)N(Cc1ccccc1)c1cccs1)C2.[I-]. The quantitative estimate of drug-likeness (QED) is 0.453. The van der Waals surface area contributed by atoms with Gasteiger partial charge < -0.3 is 33.2 Å². The molecule has 2 bridgehead atoms. The second-order valence-electron chi connectivity index (χ2n) is 8.45. The number of carbonyl (C=O) groups excluding carboxylic acids is 1. The third kappa shape index (κ3) is 4.54. The second-order valence-corrected chi connectivity index (χ2v) is 9.38. The Morgan fingerprint density at radius 2 is 1.79 bits per heavy atom. The summed E-state index contributed by atoms with van der Waals surface area (Å²) in [6.45, 7) is 1.09. The number of halogens is 1. The summed E-state index contributed by atoms with van der Waals surface area (Å²) in [5.74, 6) is 0.500. The van der Waals surface area contributed by atoms with E-state index in [0.29, 0.717) is 19.1 Å². The average molecular weight is 512 g/mol. The number of amides is 1. The van der Waals surface area contributed by atoms with Gasteiger partial charge in [0.25, 0.3) is 0 Å². The van der Waals surface area contributed by atoms with Crippen molar-refractivity contribution in [2.75, 3.05) is 25.6 Å². The number of nitrogens with zero attached hydrogens (tertiary/aromatic N) is 2. The predicted molar refractivity (Wildman–Crippen MR) is 110 cm³/mol. The molecule has 1 amide bonds. The molecular formula is C22H29IN2O2S. The lowest BCUT2D eigenvalue weighted by molar-refractivity contribution is -0.931. The van der Waals surface area contributed by atoms with Crippen molar-refractivity contribution in [3.05, 3.63) is 53.4 Å². The monoisotopic (exact) mass is 512 g/mol. The number of thiophene rings is 1. The Bertz CT molecular complexity index is 750. The van der Waals surface area contributed by atoms with Crippen molar-refractivity contribution < 1.29 is 38.0 Å². The first-order valence-electron chi connectivity index (χ1n) is 9.89. The van der Waals surface area contributed by atoms with Crippen LogP contribution in [-0.4, -0.2) is 43.4 Å². The van der Waals surface area contributed by atoms with Crippen LogP contribution >= 0.6 is 11.3 Å². The highest BCUT2D eigenvalue weighted by atomic mass is 127. The van der Waals surface area contributed by atoms with Crippen molar-refractivity contribution >= 4 is 22.4 Å². The summed E-state index contributed by atoms with van der Waals surface area (Å²) in [7, 11) is 4.73. The molecule has 2 aromatic rings. The molecule has 1 aromatic carbocycles. The zero-order valence-electron chi connectivity index (χ0n) is 16.6. The molecule has 2 saturated heterocycles. The fourth-order valence-corrected chi connectivity index (χ4v) is 5.54. The van der Waals surface area contributed by atoms with E-state index in [1.807, 2.05) is 47.8 Å². The van der Waals surface area contributed by atoms with Crippen LogP contribution in [0.2, 0.25) is 0 Å². The van der Waals surface area contributed by atoms with Crippen LogP contribution in [0.3, 0.4) is 0 Å². The predicted octanol–water partition coefficient (Wildman–Crippen LogP) is 1.91. The maximum atomic E-state index is 12.9. The van der Waals surface area contributed by atoms with Crippen molar-refractivity contribution in [1.29, 1.82) is 0 Å². The van der Waals surface area contributed by atoms with Crippen molar-refractivity contribution in [2.45, 2.75) is 44.3 Å². The van der Waals surface area contributed by atoms with E-state index in [9.17, 15) is 4.79 Å². The van der Waals surface area contributed by atoms with Gasteiger partial charge in [0, 0.05) is 31.6 Å². The highest BCUT2D eigenvalue weighted by molar-refractivity contribution is 7.14. The largest absolute Gasteiger partial charge is 1.00 e. The van der Waals surface area contributed by atoms with Gasteiger partial charge in [0.1, 0.15) is 5.00 Å². The number of carbonyl (C=O) groups is 1. The molecule has 2 aliphatic heterocycles. The minimum absolute atomic E-state index is 0. The highest BCUT2D eigenvalue weighted by Crippen LogP contribution is 2.42. The molecule has 6 heteroatoms. The number of quaternary nitrogens is 1. The lowest BCUT2D eigenvalue weighted by atomic mass is 9.90. The Balaban J connectivity index is 0.00000225. The molecule has 0 spiro atoms. The van der Waals surface area contributed by atoms with Crippen LogP contribution in [0.5, 0.6) is 0 Å². The summed E-state index contributed by atoms with van der Waals surface area (Å²) in [5, 5.41) is 2.93. The Hall–Kier alpha value is -1.12. The highest BCUT2D eigenvalue weighted by Gasteiger charge is 2.49. The Morgan fingerprint density at radius 1 is 1.11 bits per heavy atom. The molecule has 0 saturated carbocycles. The molecule has 152 valence electrons. The maximum absolute atomic E-state index is 12.9. The first-order valence-corrected chi connectivity index (χ1v) is 10.8. The van der Waals surface area contributed by atoms with Gasteiger partial charge in [-0.05, 0) is 23.1 Å². The first kappa shape index (κ1) is 21.6. The van der Waals surface area contributed by atoms with E-state index in [1.165, 1.54) is 25.7 Å². The van der Waals surface area contributed by atoms with Gasteiger partial charge in [0.05, 0.1) is 39.3 Å². The van der Waals surface area contributed by atoms with Crippen LogP contribution in [0, 0.1) is 5.92 Å². The molecule has 1 unspecified atom stereocenters. The molecule has 0 aliphatic carbocycles. The van der Waals surface area contributed by atoms with Crippen LogP contribution in [0.15, 0.2) is 47.8 Å².